The Balaban J connectivity index is 1.63. The van der Waals surface area contributed by atoms with E-state index < -0.39 is 0 Å². The van der Waals surface area contributed by atoms with Gasteiger partial charge >= 0.3 is 0 Å². The number of aromatic nitrogens is 4. The van der Waals surface area contributed by atoms with Gasteiger partial charge < -0.3 is 23.8 Å². The maximum Gasteiger partial charge on any atom is 0.202 e. The van der Waals surface area contributed by atoms with Gasteiger partial charge in [0.25, 0.3) is 0 Å². The summed E-state index contributed by atoms with van der Waals surface area (Å²) >= 11 is 0. The molecule has 0 saturated carbocycles. The van der Waals surface area contributed by atoms with Gasteiger partial charge in [0, 0.05) is 37.2 Å². The number of ether oxygens (including phenoxy) is 4. The maximum atomic E-state index is 5.93. The molecular weight excluding hydrogens is 398 g/mol. The first-order chi connectivity index (χ1) is 15.1. The Morgan fingerprint density at radius 2 is 1.84 bits per heavy atom. The molecule has 1 atom stereocenters. The van der Waals surface area contributed by atoms with Crippen molar-refractivity contribution in [2.75, 3.05) is 44.9 Å². The fourth-order valence-corrected chi connectivity index (χ4v) is 3.78. The first-order valence-electron chi connectivity index (χ1n) is 10.7. The van der Waals surface area contributed by atoms with E-state index in [2.05, 4.69) is 23.8 Å². The van der Waals surface area contributed by atoms with E-state index in [9.17, 15) is 0 Å². The van der Waals surface area contributed by atoms with Gasteiger partial charge in [-0.25, -0.2) is 14.6 Å². The summed E-state index contributed by atoms with van der Waals surface area (Å²) in [5.74, 6) is 2.84. The van der Waals surface area contributed by atoms with Crippen molar-refractivity contribution in [2.45, 2.75) is 32.6 Å². The lowest BCUT2D eigenvalue weighted by Gasteiger charge is -2.28. The van der Waals surface area contributed by atoms with Crippen LogP contribution >= 0.6 is 0 Å². The number of benzene rings is 1. The Morgan fingerprint density at radius 3 is 2.52 bits per heavy atom. The molecule has 0 N–H and O–H groups in total. The van der Waals surface area contributed by atoms with Crippen LogP contribution in [0, 0.1) is 0 Å². The molecule has 0 amide bonds. The molecule has 31 heavy (non-hydrogen) atoms. The molecule has 2 aliphatic heterocycles. The van der Waals surface area contributed by atoms with Crippen LogP contribution in [0.15, 0.2) is 24.4 Å². The van der Waals surface area contributed by atoms with Crippen molar-refractivity contribution in [3.63, 3.8) is 0 Å². The van der Waals surface area contributed by atoms with Crippen LogP contribution < -0.4 is 14.4 Å². The summed E-state index contributed by atoms with van der Waals surface area (Å²) in [6, 6.07) is 5.89. The van der Waals surface area contributed by atoms with Crippen molar-refractivity contribution in [1.29, 1.82) is 0 Å². The fraction of sp³-hybridized carbons (Fsp3) is 0.500. The van der Waals surface area contributed by atoms with Crippen LogP contribution in [0.25, 0.3) is 22.4 Å². The second kappa shape index (κ2) is 8.32. The molecule has 2 aromatic heterocycles. The monoisotopic (exact) mass is 425 g/mol. The highest BCUT2D eigenvalue weighted by Crippen LogP contribution is 2.33. The highest BCUT2D eigenvalue weighted by atomic mass is 16.7. The zero-order chi connectivity index (χ0) is 21.4. The second-order valence-corrected chi connectivity index (χ2v) is 7.99. The van der Waals surface area contributed by atoms with E-state index in [0.29, 0.717) is 30.5 Å². The van der Waals surface area contributed by atoms with Crippen LogP contribution in [0.4, 0.5) is 5.82 Å². The zero-order valence-electron chi connectivity index (χ0n) is 18.1. The molecule has 0 aliphatic carbocycles. The highest BCUT2D eigenvalue weighted by Gasteiger charge is 2.23. The first-order valence-corrected chi connectivity index (χ1v) is 10.7. The molecule has 2 fully saturated rings. The van der Waals surface area contributed by atoms with Gasteiger partial charge in [0.05, 0.1) is 38.5 Å². The molecule has 2 saturated heterocycles. The van der Waals surface area contributed by atoms with E-state index in [0.717, 1.165) is 48.5 Å². The lowest BCUT2D eigenvalue weighted by Crippen LogP contribution is -2.37. The smallest absolute Gasteiger partial charge is 0.202 e. The quantitative estimate of drug-likeness (QED) is 0.596. The van der Waals surface area contributed by atoms with Gasteiger partial charge in [-0.3, -0.25) is 0 Å². The largest absolute Gasteiger partial charge is 0.497 e. The number of nitrogens with zero attached hydrogens (tertiary/aromatic N) is 5. The molecular formula is C22H27N5O4. The molecule has 0 radical (unpaired) electrons. The Labute approximate surface area is 180 Å². The predicted octanol–water partition coefficient (Wildman–Crippen LogP) is 3.04. The normalized spacial score (nSPS) is 19.0. The topological polar surface area (TPSA) is 83.8 Å². The van der Waals surface area contributed by atoms with Crippen LogP contribution in [-0.2, 0) is 9.47 Å². The average molecular weight is 425 g/mol. The third-order valence-electron chi connectivity index (χ3n) is 5.53. The number of methoxy groups -OCH3 is 1. The number of anilines is 1. The summed E-state index contributed by atoms with van der Waals surface area (Å²) in [5.41, 5.74) is 1.63. The Bertz CT molecular complexity index is 1070. The van der Waals surface area contributed by atoms with E-state index in [1.807, 2.05) is 29.1 Å². The average Bonchev–Trinajstić information content (AvgIpc) is 3.20. The molecule has 3 aromatic rings. The van der Waals surface area contributed by atoms with Crippen molar-refractivity contribution in [3.05, 3.63) is 24.4 Å². The molecule has 4 heterocycles. The Hall–Kier alpha value is -2.91. The lowest BCUT2D eigenvalue weighted by molar-refractivity contribution is -0.165. The van der Waals surface area contributed by atoms with Crippen LogP contribution in [0.5, 0.6) is 11.5 Å². The zero-order valence-corrected chi connectivity index (χ0v) is 18.1. The number of hydrogen-bond donors (Lipinski definition) is 0. The highest BCUT2D eigenvalue weighted by molar-refractivity contribution is 5.89. The molecule has 1 aromatic carbocycles. The standard InChI is InChI=1S/C22H27N5O4/c1-14(2)27-22-18(13-23-27)21(26-5-8-29-9-6-26)24-20(25-22)15-10-16(28-3)12-17(11-15)31-19-4-7-30-19/h10-14,19H,4-9H2,1-3H3. The summed E-state index contributed by atoms with van der Waals surface area (Å²) in [7, 11) is 1.64. The van der Waals surface area contributed by atoms with Gasteiger partial charge in [0.15, 0.2) is 11.5 Å². The molecule has 9 nitrogen and oxygen atoms in total. The van der Waals surface area contributed by atoms with Crippen molar-refractivity contribution >= 4 is 16.9 Å². The summed E-state index contributed by atoms with van der Waals surface area (Å²) in [5, 5.41) is 5.53. The summed E-state index contributed by atoms with van der Waals surface area (Å²) in [6.07, 6.45) is 2.52. The molecule has 0 spiro atoms. The van der Waals surface area contributed by atoms with Crippen molar-refractivity contribution in [2.24, 2.45) is 0 Å². The number of fused-ring (bicyclic) bond motifs is 1. The third-order valence-corrected chi connectivity index (χ3v) is 5.53. The Morgan fingerprint density at radius 1 is 1.06 bits per heavy atom. The van der Waals surface area contributed by atoms with E-state index in [1.165, 1.54) is 0 Å². The molecule has 1 unspecified atom stereocenters. The van der Waals surface area contributed by atoms with Gasteiger partial charge in [0.1, 0.15) is 17.3 Å². The van der Waals surface area contributed by atoms with Gasteiger partial charge in [-0.05, 0) is 26.0 Å². The summed E-state index contributed by atoms with van der Waals surface area (Å²) in [4.78, 5) is 12.1. The minimum Gasteiger partial charge on any atom is -0.497 e. The second-order valence-electron chi connectivity index (χ2n) is 7.99. The van der Waals surface area contributed by atoms with Crippen LogP contribution in [0.1, 0.15) is 26.3 Å². The number of morpholine rings is 1. The maximum absolute atomic E-state index is 5.93. The number of rotatable bonds is 6. The first kappa shape index (κ1) is 20.0. The van der Waals surface area contributed by atoms with E-state index in [1.54, 1.807) is 7.11 Å². The molecule has 0 bridgehead atoms. The fourth-order valence-electron chi connectivity index (χ4n) is 3.78. The van der Waals surface area contributed by atoms with Crippen molar-refractivity contribution in [1.82, 2.24) is 19.7 Å². The number of hydrogen-bond acceptors (Lipinski definition) is 8. The van der Waals surface area contributed by atoms with Gasteiger partial charge in [-0.1, -0.05) is 0 Å². The van der Waals surface area contributed by atoms with Gasteiger partial charge in [0.2, 0.25) is 6.29 Å². The van der Waals surface area contributed by atoms with Crippen LogP contribution in [0.2, 0.25) is 0 Å². The predicted molar refractivity (Wildman–Crippen MR) is 116 cm³/mol. The van der Waals surface area contributed by atoms with E-state index in [-0.39, 0.29) is 12.3 Å². The minimum absolute atomic E-state index is 0.178. The lowest BCUT2D eigenvalue weighted by atomic mass is 10.1. The molecule has 2 aliphatic rings. The van der Waals surface area contributed by atoms with E-state index in [4.69, 9.17) is 28.9 Å². The molecule has 5 rings (SSSR count). The third kappa shape index (κ3) is 3.90. The van der Waals surface area contributed by atoms with Gasteiger partial charge in [-0.15, -0.1) is 0 Å². The summed E-state index contributed by atoms with van der Waals surface area (Å²) < 4.78 is 24.3. The molecule has 9 heteroatoms. The van der Waals surface area contributed by atoms with Crippen LogP contribution in [-0.4, -0.2) is 66.1 Å². The minimum atomic E-state index is -0.213. The Kier molecular flexibility index (Phi) is 5.37. The summed E-state index contributed by atoms with van der Waals surface area (Å²) in [6.45, 7) is 7.84. The SMILES string of the molecule is COc1cc(OC2CCO2)cc(-c2nc(N3CCOCC3)c3cnn(C(C)C)c3n2)c1. The van der Waals surface area contributed by atoms with E-state index >= 15 is 0 Å². The molecule has 164 valence electrons. The van der Waals surface area contributed by atoms with Gasteiger partial charge in [-0.2, -0.15) is 5.10 Å². The van der Waals surface area contributed by atoms with Crippen molar-refractivity contribution < 1.29 is 18.9 Å². The van der Waals surface area contributed by atoms with Crippen LogP contribution in [0.3, 0.4) is 0 Å². The van der Waals surface area contributed by atoms with Crippen molar-refractivity contribution in [3.8, 4) is 22.9 Å².